The summed E-state index contributed by atoms with van der Waals surface area (Å²) in [6.45, 7) is 0.284. The number of benzene rings is 1. The zero-order chi connectivity index (χ0) is 18.5. The first-order valence-corrected chi connectivity index (χ1v) is 9.17. The van der Waals surface area contributed by atoms with Crippen molar-refractivity contribution in [1.82, 2.24) is 10.6 Å². The van der Waals surface area contributed by atoms with Gasteiger partial charge in [-0.1, -0.05) is 0 Å². The van der Waals surface area contributed by atoms with E-state index in [1.54, 1.807) is 0 Å². The molecule has 2 fully saturated rings. The highest BCUT2D eigenvalue weighted by atomic mass is 19.1. The molecule has 1 aliphatic heterocycles. The van der Waals surface area contributed by atoms with E-state index in [0.717, 1.165) is 25.7 Å². The molecule has 1 aromatic rings. The van der Waals surface area contributed by atoms with Crippen LogP contribution < -0.4 is 10.6 Å². The van der Waals surface area contributed by atoms with Crippen LogP contribution in [0.3, 0.4) is 0 Å². The Morgan fingerprint density at radius 1 is 1.15 bits per heavy atom. The molecule has 1 aromatic carbocycles. The van der Waals surface area contributed by atoms with Crippen molar-refractivity contribution in [2.45, 2.75) is 50.4 Å². The minimum absolute atomic E-state index is 0.0575. The molecule has 0 spiro atoms. The number of aliphatic hydroxyl groups excluding tert-OH is 1. The Balaban J connectivity index is 1.41. The van der Waals surface area contributed by atoms with Crippen molar-refractivity contribution in [3.8, 4) is 0 Å². The quantitative estimate of drug-likeness (QED) is 0.682. The standard InChI is InChI=1S/C19H25FN2O4/c20-14-5-3-12(4-6-14)18(24)21-10-9-15-7-8-16(17(11-23)26-15)22-19(25)13-1-2-13/h3-6,13,15-17,23H,1-2,7-11H2,(H,21,24)(H,22,25)/t15-,16+,17+/m1/s1. The van der Waals surface area contributed by atoms with Gasteiger partial charge in [-0.05, 0) is 56.4 Å². The Hall–Kier alpha value is -1.99. The van der Waals surface area contributed by atoms with Crippen LogP contribution in [0.15, 0.2) is 24.3 Å². The van der Waals surface area contributed by atoms with E-state index in [0.29, 0.717) is 18.5 Å². The number of amides is 2. The zero-order valence-corrected chi connectivity index (χ0v) is 14.6. The average Bonchev–Trinajstić information content (AvgIpc) is 3.48. The second-order valence-corrected chi connectivity index (χ2v) is 7.00. The van der Waals surface area contributed by atoms with Gasteiger partial charge in [-0.15, -0.1) is 0 Å². The molecule has 0 unspecified atom stereocenters. The molecular weight excluding hydrogens is 339 g/mol. The summed E-state index contributed by atoms with van der Waals surface area (Å²) in [4.78, 5) is 23.9. The fourth-order valence-corrected chi connectivity index (χ4v) is 3.21. The van der Waals surface area contributed by atoms with Gasteiger partial charge in [0.15, 0.2) is 0 Å². The molecule has 26 heavy (non-hydrogen) atoms. The molecule has 1 heterocycles. The van der Waals surface area contributed by atoms with Crippen molar-refractivity contribution in [3.05, 3.63) is 35.6 Å². The molecule has 3 rings (SSSR count). The van der Waals surface area contributed by atoms with Crippen molar-refractivity contribution in [2.24, 2.45) is 5.92 Å². The lowest BCUT2D eigenvalue weighted by atomic mass is 9.97. The Morgan fingerprint density at radius 3 is 2.54 bits per heavy atom. The lowest BCUT2D eigenvalue weighted by molar-refractivity contribution is -0.129. The van der Waals surface area contributed by atoms with E-state index in [2.05, 4.69) is 10.6 Å². The van der Waals surface area contributed by atoms with Crippen LogP contribution >= 0.6 is 0 Å². The predicted octanol–water partition coefficient (Wildman–Crippen LogP) is 1.38. The number of hydrogen-bond donors (Lipinski definition) is 3. The lowest BCUT2D eigenvalue weighted by Gasteiger charge is -2.36. The van der Waals surface area contributed by atoms with E-state index in [4.69, 9.17) is 4.74 Å². The molecule has 2 amide bonds. The third-order valence-corrected chi connectivity index (χ3v) is 4.93. The van der Waals surface area contributed by atoms with E-state index in [-0.39, 0.29) is 42.3 Å². The summed E-state index contributed by atoms with van der Waals surface area (Å²) in [6, 6.07) is 5.23. The molecule has 142 valence electrons. The molecule has 0 aromatic heterocycles. The number of halogens is 1. The Labute approximate surface area is 152 Å². The van der Waals surface area contributed by atoms with E-state index < -0.39 is 6.10 Å². The Morgan fingerprint density at radius 2 is 1.88 bits per heavy atom. The van der Waals surface area contributed by atoms with E-state index >= 15 is 0 Å². The first-order chi connectivity index (χ1) is 12.6. The van der Waals surface area contributed by atoms with E-state index in [9.17, 15) is 19.1 Å². The normalized spacial score (nSPS) is 25.5. The first kappa shape index (κ1) is 18.8. The van der Waals surface area contributed by atoms with Gasteiger partial charge in [0.25, 0.3) is 5.91 Å². The Bertz CT molecular complexity index is 633. The lowest BCUT2D eigenvalue weighted by Crippen LogP contribution is -2.51. The molecule has 7 heteroatoms. The molecule has 1 saturated heterocycles. The van der Waals surface area contributed by atoms with Gasteiger partial charge in [-0.2, -0.15) is 0 Å². The van der Waals surface area contributed by atoms with Gasteiger partial charge >= 0.3 is 0 Å². The number of nitrogens with one attached hydrogen (secondary N) is 2. The van der Waals surface area contributed by atoms with Gasteiger partial charge < -0.3 is 20.5 Å². The smallest absolute Gasteiger partial charge is 0.251 e. The van der Waals surface area contributed by atoms with Crippen molar-refractivity contribution in [1.29, 1.82) is 0 Å². The summed E-state index contributed by atoms with van der Waals surface area (Å²) in [7, 11) is 0. The summed E-state index contributed by atoms with van der Waals surface area (Å²) < 4.78 is 18.8. The van der Waals surface area contributed by atoms with Gasteiger partial charge in [-0.3, -0.25) is 9.59 Å². The largest absolute Gasteiger partial charge is 0.394 e. The molecular formula is C19H25FN2O4. The van der Waals surface area contributed by atoms with Gasteiger partial charge in [0.1, 0.15) is 11.9 Å². The van der Waals surface area contributed by atoms with Gasteiger partial charge in [-0.25, -0.2) is 4.39 Å². The highest BCUT2D eigenvalue weighted by molar-refractivity contribution is 5.94. The van der Waals surface area contributed by atoms with Crippen LogP contribution in [0.5, 0.6) is 0 Å². The van der Waals surface area contributed by atoms with Crippen molar-refractivity contribution in [3.63, 3.8) is 0 Å². The maximum Gasteiger partial charge on any atom is 0.251 e. The van der Waals surface area contributed by atoms with Crippen molar-refractivity contribution >= 4 is 11.8 Å². The number of aliphatic hydroxyl groups is 1. The van der Waals surface area contributed by atoms with Gasteiger partial charge in [0.05, 0.1) is 18.8 Å². The predicted molar refractivity (Wildman–Crippen MR) is 93.0 cm³/mol. The zero-order valence-electron chi connectivity index (χ0n) is 14.6. The van der Waals surface area contributed by atoms with Crippen LogP contribution in [0.2, 0.25) is 0 Å². The molecule has 2 aliphatic rings. The number of hydrogen-bond acceptors (Lipinski definition) is 4. The molecule has 0 bridgehead atoms. The fourth-order valence-electron chi connectivity index (χ4n) is 3.21. The maximum absolute atomic E-state index is 12.9. The minimum atomic E-state index is -0.413. The third-order valence-electron chi connectivity index (χ3n) is 4.93. The second-order valence-electron chi connectivity index (χ2n) is 7.00. The number of ether oxygens (including phenoxy) is 1. The molecule has 3 N–H and O–H groups in total. The highest BCUT2D eigenvalue weighted by Gasteiger charge is 2.36. The average molecular weight is 364 g/mol. The fraction of sp³-hybridized carbons (Fsp3) is 0.579. The third kappa shape index (κ3) is 5.02. The molecule has 1 saturated carbocycles. The summed E-state index contributed by atoms with van der Waals surface area (Å²) in [5.74, 6) is -0.444. The number of rotatable bonds is 7. The SMILES string of the molecule is O=C(NCC[C@H]1CC[C@H](NC(=O)C2CC2)[C@H](CO)O1)c1ccc(F)cc1. The van der Waals surface area contributed by atoms with Crippen LogP contribution in [-0.4, -0.2) is 48.3 Å². The summed E-state index contributed by atoms with van der Waals surface area (Å²) in [5.41, 5.74) is 0.409. The van der Waals surface area contributed by atoms with Crippen LogP contribution in [-0.2, 0) is 9.53 Å². The summed E-state index contributed by atoms with van der Waals surface area (Å²) in [5, 5.41) is 15.3. The van der Waals surface area contributed by atoms with Gasteiger partial charge in [0.2, 0.25) is 5.91 Å². The van der Waals surface area contributed by atoms with Crippen LogP contribution in [0.1, 0.15) is 42.5 Å². The number of carbonyl (C=O) groups is 2. The van der Waals surface area contributed by atoms with E-state index in [1.165, 1.54) is 24.3 Å². The van der Waals surface area contributed by atoms with Crippen LogP contribution in [0.25, 0.3) is 0 Å². The van der Waals surface area contributed by atoms with Crippen molar-refractivity contribution < 1.29 is 23.8 Å². The molecule has 3 atom stereocenters. The van der Waals surface area contributed by atoms with Crippen molar-refractivity contribution in [2.75, 3.05) is 13.2 Å². The Kier molecular flexibility index (Phi) is 6.21. The number of carbonyl (C=O) groups excluding carboxylic acids is 2. The summed E-state index contributed by atoms with van der Waals surface area (Å²) in [6.07, 6.45) is 3.53. The molecule has 0 radical (unpaired) electrons. The van der Waals surface area contributed by atoms with Crippen LogP contribution in [0, 0.1) is 11.7 Å². The monoisotopic (exact) mass is 364 g/mol. The molecule has 1 aliphatic carbocycles. The minimum Gasteiger partial charge on any atom is -0.394 e. The van der Waals surface area contributed by atoms with Crippen LogP contribution in [0.4, 0.5) is 4.39 Å². The molecule has 6 nitrogen and oxygen atoms in total. The first-order valence-electron chi connectivity index (χ1n) is 9.17. The highest BCUT2D eigenvalue weighted by Crippen LogP contribution is 2.30. The van der Waals surface area contributed by atoms with E-state index in [1.807, 2.05) is 0 Å². The van der Waals surface area contributed by atoms with Gasteiger partial charge in [0, 0.05) is 18.0 Å². The summed E-state index contributed by atoms with van der Waals surface area (Å²) >= 11 is 0. The topological polar surface area (TPSA) is 87.7 Å². The second kappa shape index (κ2) is 8.60. The maximum atomic E-state index is 12.9.